The van der Waals surface area contributed by atoms with Crippen molar-refractivity contribution in [3.8, 4) is 5.69 Å². The van der Waals surface area contributed by atoms with E-state index in [0.717, 1.165) is 18.2 Å². The zero-order valence-electron chi connectivity index (χ0n) is 12.7. The van der Waals surface area contributed by atoms with Crippen LogP contribution in [0, 0.1) is 0 Å². The van der Waals surface area contributed by atoms with E-state index in [-0.39, 0.29) is 0 Å². The highest BCUT2D eigenvalue weighted by molar-refractivity contribution is 5.41. The summed E-state index contributed by atoms with van der Waals surface area (Å²) < 4.78 is 2.10. The molecule has 0 bridgehead atoms. The minimum Gasteiger partial charge on any atom is -0.354 e. The Morgan fingerprint density at radius 3 is 2.67 bits per heavy atom. The normalized spacial score (nSPS) is 17.6. The van der Waals surface area contributed by atoms with Gasteiger partial charge in [-0.25, -0.2) is 4.98 Å². The maximum absolute atomic E-state index is 4.44. The molecule has 2 heterocycles. The van der Waals surface area contributed by atoms with Crippen LogP contribution in [0.1, 0.15) is 26.2 Å². The van der Waals surface area contributed by atoms with E-state index in [1.54, 1.807) is 0 Å². The first-order chi connectivity index (χ1) is 10.3. The Hall–Kier alpha value is -1.81. The van der Waals surface area contributed by atoms with Gasteiger partial charge < -0.3 is 5.32 Å². The second-order valence-electron chi connectivity index (χ2n) is 5.78. The number of hydrogen-bond donors (Lipinski definition) is 1. The zero-order valence-corrected chi connectivity index (χ0v) is 12.7. The maximum Gasteiger partial charge on any atom is 0.207 e. The second-order valence-corrected chi connectivity index (χ2v) is 5.78. The smallest absolute Gasteiger partial charge is 0.207 e. The van der Waals surface area contributed by atoms with Gasteiger partial charge in [0.1, 0.15) is 0 Å². The summed E-state index contributed by atoms with van der Waals surface area (Å²) in [7, 11) is 0. The predicted molar refractivity (Wildman–Crippen MR) is 86.9 cm³/mol. The minimum atomic E-state index is 0.547. The van der Waals surface area contributed by atoms with Crippen LogP contribution in [0.25, 0.3) is 5.69 Å². The molecule has 0 aliphatic carbocycles. The monoisotopic (exact) mass is 284 g/mol. The zero-order chi connectivity index (χ0) is 14.5. The molecule has 3 rings (SSSR count). The Kier molecular flexibility index (Phi) is 4.55. The number of nitrogens with one attached hydrogen (secondary N) is 1. The van der Waals surface area contributed by atoms with Gasteiger partial charge in [0, 0.05) is 30.7 Å². The standard InChI is InChI=1S/C17H24N4/c1-15(20-11-6-3-7-12-20)14-19-17-18-10-13-21(17)16-8-4-2-5-9-16/h2,4-5,8-10,13,15H,3,6-7,11-12,14H2,1H3,(H,18,19). The van der Waals surface area contributed by atoms with E-state index in [9.17, 15) is 0 Å². The Balaban J connectivity index is 1.62. The lowest BCUT2D eigenvalue weighted by Gasteiger charge is -2.32. The molecule has 1 N–H and O–H groups in total. The third kappa shape index (κ3) is 3.45. The van der Waals surface area contributed by atoms with Gasteiger partial charge in [-0.15, -0.1) is 0 Å². The Labute approximate surface area is 126 Å². The summed E-state index contributed by atoms with van der Waals surface area (Å²) >= 11 is 0. The van der Waals surface area contributed by atoms with Crippen LogP contribution in [-0.2, 0) is 0 Å². The van der Waals surface area contributed by atoms with Crippen LogP contribution in [0.4, 0.5) is 5.95 Å². The fourth-order valence-electron chi connectivity index (χ4n) is 2.96. The quantitative estimate of drug-likeness (QED) is 0.915. The molecule has 0 saturated carbocycles. The van der Waals surface area contributed by atoms with Gasteiger partial charge >= 0.3 is 0 Å². The van der Waals surface area contributed by atoms with Crippen molar-refractivity contribution in [3.63, 3.8) is 0 Å². The number of rotatable bonds is 5. The highest BCUT2D eigenvalue weighted by Gasteiger charge is 2.16. The van der Waals surface area contributed by atoms with Crippen LogP contribution in [0.3, 0.4) is 0 Å². The number of aromatic nitrogens is 2. The number of piperidine rings is 1. The summed E-state index contributed by atoms with van der Waals surface area (Å²) in [4.78, 5) is 7.02. The number of benzene rings is 1. The van der Waals surface area contributed by atoms with E-state index >= 15 is 0 Å². The Morgan fingerprint density at radius 1 is 1.14 bits per heavy atom. The minimum absolute atomic E-state index is 0.547. The van der Waals surface area contributed by atoms with E-state index in [0.29, 0.717) is 6.04 Å². The van der Waals surface area contributed by atoms with Crippen LogP contribution < -0.4 is 5.32 Å². The molecule has 112 valence electrons. The maximum atomic E-state index is 4.44. The van der Waals surface area contributed by atoms with E-state index in [4.69, 9.17) is 0 Å². The number of para-hydroxylation sites is 1. The van der Waals surface area contributed by atoms with Gasteiger partial charge in [0.15, 0.2) is 0 Å². The molecule has 0 radical (unpaired) electrons. The summed E-state index contributed by atoms with van der Waals surface area (Å²) in [6.07, 6.45) is 7.91. The van der Waals surface area contributed by atoms with Gasteiger partial charge in [-0.2, -0.15) is 0 Å². The summed E-state index contributed by atoms with van der Waals surface area (Å²) in [5, 5.41) is 3.50. The van der Waals surface area contributed by atoms with Crippen LogP contribution in [0.2, 0.25) is 0 Å². The molecule has 1 saturated heterocycles. The second kappa shape index (κ2) is 6.76. The summed E-state index contributed by atoms with van der Waals surface area (Å²) in [5.41, 5.74) is 1.14. The van der Waals surface area contributed by atoms with Gasteiger partial charge in [0.05, 0.1) is 0 Å². The number of likely N-dealkylation sites (tertiary alicyclic amines) is 1. The lowest BCUT2D eigenvalue weighted by atomic mass is 10.1. The summed E-state index contributed by atoms with van der Waals surface area (Å²) in [5.74, 6) is 0.921. The summed E-state index contributed by atoms with van der Waals surface area (Å²) in [6, 6.07) is 10.9. The molecule has 0 amide bonds. The molecular weight excluding hydrogens is 260 g/mol. The van der Waals surface area contributed by atoms with Crippen molar-refractivity contribution in [3.05, 3.63) is 42.7 Å². The van der Waals surface area contributed by atoms with Gasteiger partial charge in [-0.1, -0.05) is 24.6 Å². The first-order valence-corrected chi connectivity index (χ1v) is 7.91. The molecular formula is C17H24N4. The lowest BCUT2D eigenvalue weighted by Crippen LogP contribution is -2.41. The first kappa shape index (κ1) is 14.1. The van der Waals surface area contributed by atoms with Crippen LogP contribution in [-0.4, -0.2) is 40.1 Å². The van der Waals surface area contributed by atoms with Crippen molar-refractivity contribution in [2.24, 2.45) is 0 Å². The van der Waals surface area contributed by atoms with E-state index in [1.165, 1.54) is 32.4 Å². The molecule has 1 aliphatic rings. The predicted octanol–water partition coefficient (Wildman–Crippen LogP) is 3.16. The lowest BCUT2D eigenvalue weighted by molar-refractivity contribution is 0.180. The molecule has 1 aromatic heterocycles. The number of imidazole rings is 1. The van der Waals surface area contributed by atoms with Gasteiger partial charge in [-0.3, -0.25) is 9.47 Å². The SMILES string of the molecule is CC(CNc1nccn1-c1ccccc1)N1CCCCC1. The van der Waals surface area contributed by atoms with Gasteiger partial charge in [0.25, 0.3) is 0 Å². The topological polar surface area (TPSA) is 33.1 Å². The fraction of sp³-hybridized carbons (Fsp3) is 0.471. The third-order valence-corrected chi connectivity index (χ3v) is 4.24. The van der Waals surface area contributed by atoms with Crippen molar-refractivity contribution < 1.29 is 0 Å². The van der Waals surface area contributed by atoms with Gasteiger partial charge in [0.2, 0.25) is 5.95 Å². The number of hydrogen-bond acceptors (Lipinski definition) is 3. The van der Waals surface area contributed by atoms with Crippen LogP contribution >= 0.6 is 0 Å². The Morgan fingerprint density at radius 2 is 1.90 bits per heavy atom. The number of anilines is 1. The Bertz CT molecular complexity index is 543. The molecule has 1 unspecified atom stereocenters. The number of nitrogens with zero attached hydrogens (tertiary/aromatic N) is 3. The molecule has 21 heavy (non-hydrogen) atoms. The van der Waals surface area contributed by atoms with Gasteiger partial charge in [-0.05, 0) is 45.0 Å². The molecule has 1 aliphatic heterocycles. The van der Waals surface area contributed by atoms with Crippen molar-refractivity contribution in [1.29, 1.82) is 0 Å². The average Bonchev–Trinajstić information content (AvgIpc) is 3.03. The van der Waals surface area contributed by atoms with E-state index < -0.39 is 0 Å². The molecule has 4 heteroatoms. The highest BCUT2D eigenvalue weighted by atomic mass is 15.2. The molecule has 2 aromatic rings. The third-order valence-electron chi connectivity index (χ3n) is 4.24. The van der Waals surface area contributed by atoms with Crippen LogP contribution in [0.5, 0.6) is 0 Å². The largest absolute Gasteiger partial charge is 0.354 e. The van der Waals surface area contributed by atoms with Crippen molar-refractivity contribution in [1.82, 2.24) is 14.5 Å². The van der Waals surface area contributed by atoms with E-state index in [1.807, 2.05) is 18.5 Å². The van der Waals surface area contributed by atoms with Crippen molar-refractivity contribution in [2.45, 2.75) is 32.2 Å². The average molecular weight is 284 g/mol. The summed E-state index contributed by atoms with van der Waals surface area (Å²) in [6.45, 7) is 5.70. The van der Waals surface area contributed by atoms with Crippen molar-refractivity contribution >= 4 is 5.95 Å². The highest BCUT2D eigenvalue weighted by Crippen LogP contribution is 2.15. The molecule has 4 nitrogen and oxygen atoms in total. The first-order valence-electron chi connectivity index (χ1n) is 7.91. The van der Waals surface area contributed by atoms with Crippen LogP contribution in [0.15, 0.2) is 42.7 Å². The molecule has 0 spiro atoms. The molecule has 1 fully saturated rings. The molecule has 1 aromatic carbocycles. The molecule has 1 atom stereocenters. The van der Waals surface area contributed by atoms with Crippen molar-refractivity contribution in [2.75, 3.05) is 25.0 Å². The fourth-order valence-corrected chi connectivity index (χ4v) is 2.96. The van der Waals surface area contributed by atoms with E-state index in [2.05, 4.69) is 51.0 Å².